The van der Waals surface area contributed by atoms with E-state index in [-0.39, 0.29) is 23.9 Å². The Kier molecular flexibility index (Phi) is 4.93. The van der Waals surface area contributed by atoms with Crippen molar-refractivity contribution in [1.82, 2.24) is 10.2 Å². The van der Waals surface area contributed by atoms with E-state index in [2.05, 4.69) is 10.2 Å². The molecule has 0 aliphatic heterocycles. The molecule has 1 aromatic rings. The molecule has 0 fully saturated rings. The van der Waals surface area contributed by atoms with Crippen LogP contribution in [0.5, 0.6) is 0 Å². The molecule has 3 N–H and O–H groups in total. The molecule has 1 amide bonds. The van der Waals surface area contributed by atoms with Crippen molar-refractivity contribution in [2.24, 2.45) is 11.7 Å². The lowest BCUT2D eigenvalue weighted by atomic mass is 10.0. The Morgan fingerprint density at radius 3 is 2.60 bits per heavy atom. The fraction of sp³-hybridized carbons (Fsp3) is 0.438. The van der Waals surface area contributed by atoms with Gasteiger partial charge in [-0.15, -0.1) is 0 Å². The summed E-state index contributed by atoms with van der Waals surface area (Å²) in [5.74, 6) is -0.0386. The fourth-order valence-corrected chi connectivity index (χ4v) is 2.49. The summed E-state index contributed by atoms with van der Waals surface area (Å²) in [6, 6.07) is 10.1. The highest BCUT2D eigenvalue weighted by Crippen LogP contribution is 2.19. The predicted octanol–water partition coefficient (Wildman–Crippen LogP) is 1.31. The van der Waals surface area contributed by atoms with Gasteiger partial charge in [0.15, 0.2) is 0 Å². The Labute approximate surface area is 120 Å². The van der Waals surface area contributed by atoms with Crippen LogP contribution in [0.2, 0.25) is 0 Å². The van der Waals surface area contributed by atoms with E-state index in [1.54, 1.807) is 0 Å². The molecule has 2 rings (SSSR count). The van der Waals surface area contributed by atoms with E-state index in [0.29, 0.717) is 6.42 Å². The van der Waals surface area contributed by atoms with Crippen molar-refractivity contribution in [2.45, 2.75) is 18.5 Å². The van der Waals surface area contributed by atoms with Gasteiger partial charge in [0.1, 0.15) is 0 Å². The molecule has 20 heavy (non-hydrogen) atoms. The number of amides is 1. The maximum atomic E-state index is 12.3. The molecule has 0 saturated heterocycles. The van der Waals surface area contributed by atoms with Crippen molar-refractivity contribution in [1.29, 1.82) is 0 Å². The summed E-state index contributed by atoms with van der Waals surface area (Å²) >= 11 is 0. The molecule has 4 heteroatoms. The van der Waals surface area contributed by atoms with Crippen LogP contribution in [0.15, 0.2) is 42.5 Å². The van der Waals surface area contributed by atoms with E-state index in [1.807, 2.05) is 56.6 Å². The molecule has 4 nitrogen and oxygen atoms in total. The van der Waals surface area contributed by atoms with Gasteiger partial charge >= 0.3 is 0 Å². The highest BCUT2D eigenvalue weighted by molar-refractivity contribution is 5.81. The first kappa shape index (κ1) is 14.8. The minimum absolute atomic E-state index is 0.00363. The van der Waals surface area contributed by atoms with Crippen molar-refractivity contribution >= 4 is 5.91 Å². The molecule has 3 atom stereocenters. The standard InChI is InChI=1S/C16H23N3O/c1-19(2)11-15(12-6-4-3-5-7-12)18-16(20)13-8-9-14(17)10-13/h3-9,13-15H,10-11,17H2,1-2H3,(H,18,20). The van der Waals surface area contributed by atoms with Crippen LogP contribution in [-0.2, 0) is 4.79 Å². The zero-order valence-corrected chi connectivity index (χ0v) is 12.1. The van der Waals surface area contributed by atoms with Crippen molar-refractivity contribution in [3.05, 3.63) is 48.0 Å². The lowest BCUT2D eigenvalue weighted by Gasteiger charge is -2.24. The quantitative estimate of drug-likeness (QED) is 0.795. The van der Waals surface area contributed by atoms with Gasteiger partial charge in [-0.3, -0.25) is 4.79 Å². The highest BCUT2D eigenvalue weighted by Gasteiger charge is 2.25. The monoisotopic (exact) mass is 273 g/mol. The summed E-state index contributed by atoms with van der Waals surface area (Å²) in [7, 11) is 4.01. The van der Waals surface area contributed by atoms with Crippen LogP contribution in [0.1, 0.15) is 18.0 Å². The Morgan fingerprint density at radius 1 is 1.35 bits per heavy atom. The second kappa shape index (κ2) is 6.68. The number of carbonyl (C=O) groups excluding carboxylic acids is 1. The van der Waals surface area contributed by atoms with Crippen molar-refractivity contribution in [2.75, 3.05) is 20.6 Å². The molecule has 0 heterocycles. The summed E-state index contributed by atoms with van der Waals surface area (Å²) < 4.78 is 0. The van der Waals surface area contributed by atoms with E-state index in [1.165, 1.54) is 0 Å². The van der Waals surface area contributed by atoms with E-state index >= 15 is 0 Å². The molecule has 1 aliphatic rings. The summed E-state index contributed by atoms with van der Waals surface area (Å²) in [6.45, 7) is 0.776. The van der Waals surface area contributed by atoms with Crippen molar-refractivity contribution < 1.29 is 4.79 Å². The molecule has 1 aromatic carbocycles. The Balaban J connectivity index is 2.04. The zero-order valence-electron chi connectivity index (χ0n) is 12.1. The van der Waals surface area contributed by atoms with E-state index in [4.69, 9.17) is 5.73 Å². The van der Waals surface area contributed by atoms with Gasteiger partial charge in [-0.2, -0.15) is 0 Å². The average Bonchev–Trinajstić information content (AvgIpc) is 2.85. The third-order valence-electron chi connectivity index (χ3n) is 3.52. The van der Waals surface area contributed by atoms with Gasteiger partial charge in [-0.25, -0.2) is 0 Å². The molecular weight excluding hydrogens is 250 g/mol. The maximum Gasteiger partial charge on any atom is 0.227 e. The Bertz CT molecular complexity index is 470. The van der Waals surface area contributed by atoms with Gasteiger partial charge in [0, 0.05) is 12.6 Å². The lowest BCUT2D eigenvalue weighted by molar-refractivity contribution is -0.124. The molecule has 0 radical (unpaired) electrons. The van der Waals surface area contributed by atoms with Crippen LogP contribution in [-0.4, -0.2) is 37.5 Å². The van der Waals surface area contributed by atoms with Gasteiger partial charge in [0.2, 0.25) is 5.91 Å². The second-order valence-electron chi connectivity index (χ2n) is 5.63. The molecule has 108 valence electrons. The molecule has 3 unspecified atom stereocenters. The number of nitrogens with two attached hydrogens (primary N) is 1. The van der Waals surface area contributed by atoms with E-state index in [9.17, 15) is 4.79 Å². The highest BCUT2D eigenvalue weighted by atomic mass is 16.1. The van der Waals surface area contributed by atoms with Crippen LogP contribution in [0.25, 0.3) is 0 Å². The first-order valence-electron chi connectivity index (χ1n) is 7.00. The summed E-state index contributed by atoms with van der Waals surface area (Å²) in [4.78, 5) is 14.4. The number of rotatable bonds is 5. The van der Waals surface area contributed by atoms with Crippen LogP contribution >= 0.6 is 0 Å². The summed E-state index contributed by atoms with van der Waals surface area (Å²) in [5.41, 5.74) is 6.94. The molecule has 0 bridgehead atoms. The number of carbonyl (C=O) groups is 1. The van der Waals surface area contributed by atoms with Crippen LogP contribution < -0.4 is 11.1 Å². The smallest absolute Gasteiger partial charge is 0.227 e. The van der Waals surface area contributed by atoms with Gasteiger partial charge in [-0.1, -0.05) is 42.5 Å². The summed E-state index contributed by atoms with van der Waals surface area (Å²) in [5, 5.41) is 3.14. The lowest BCUT2D eigenvalue weighted by Crippen LogP contribution is -2.38. The predicted molar refractivity (Wildman–Crippen MR) is 81.1 cm³/mol. The number of benzene rings is 1. The Morgan fingerprint density at radius 2 is 2.05 bits per heavy atom. The van der Waals surface area contributed by atoms with Gasteiger partial charge in [0.25, 0.3) is 0 Å². The first-order valence-corrected chi connectivity index (χ1v) is 7.00. The third-order valence-corrected chi connectivity index (χ3v) is 3.52. The number of nitrogens with one attached hydrogen (secondary N) is 1. The number of likely N-dealkylation sites (N-methyl/N-ethyl adjacent to an activating group) is 1. The first-order chi connectivity index (χ1) is 9.56. The minimum atomic E-state index is -0.0987. The van der Waals surface area contributed by atoms with Gasteiger partial charge in [0.05, 0.1) is 12.0 Å². The minimum Gasteiger partial charge on any atom is -0.347 e. The topological polar surface area (TPSA) is 58.4 Å². The second-order valence-corrected chi connectivity index (χ2v) is 5.63. The Hall–Kier alpha value is -1.65. The number of hydrogen-bond donors (Lipinski definition) is 2. The van der Waals surface area contributed by atoms with Crippen LogP contribution in [0.4, 0.5) is 0 Å². The van der Waals surface area contributed by atoms with E-state index in [0.717, 1.165) is 12.1 Å². The molecule has 0 saturated carbocycles. The zero-order chi connectivity index (χ0) is 14.5. The van der Waals surface area contributed by atoms with Gasteiger partial charge in [-0.05, 0) is 26.1 Å². The van der Waals surface area contributed by atoms with Crippen molar-refractivity contribution in [3.63, 3.8) is 0 Å². The average molecular weight is 273 g/mol. The SMILES string of the molecule is CN(C)CC(NC(=O)C1C=CC(N)C1)c1ccccc1. The van der Waals surface area contributed by atoms with Crippen molar-refractivity contribution in [3.8, 4) is 0 Å². The van der Waals surface area contributed by atoms with E-state index < -0.39 is 0 Å². The molecule has 0 spiro atoms. The van der Waals surface area contributed by atoms with Gasteiger partial charge < -0.3 is 16.0 Å². The largest absolute Gasteiger partial charge is 0.347 e. The van der Waals surface area contributed by atoms with Crippen LogP contribution in [0, 0.1) is 5.92 Å². The molecule has 0 aromatic heterocycles. The summed E-state index contributed by atoms with van der Waals surface area (Å²) in [6.07, 6.45) is 4.53. The molecule has 1 aliphatic carbocycles. The number of hydrogen-bond acceptors (Lipinski definition) is 3. The fourth-order valence-electron chi connectivity index (χ4n) is 2.49. The number of nitrogens with zero attached hydrogens (tertiary/aromatic N) is 1. The molecular formula is C16H23N3O. The maximum absolute atomic E-state index is 12.3. The van der Waals surface area contributed by atoms with Crippen LogP contribution in [0.3, 0.4) is 0 Å². The third kappa shape index (κ3) is 3.92. The normalized spacial score (nSPS) is 23.0.